The van der Waals surface area contributed by atoms with Gasteiger partial charge in [-0.15, -0.1) is 0 Å². The van der Waals surface area contributed by atoms with E-state index in [2.05, 4.69) is 17.1 Å². The summed E-state index contributed by atoms with van der Waals surface area (Å²) in [6.07, 6.45) is 3.65. The molecular formula is C23H26N4O3. The number of ether oxygens (including phenoxy) is 1. The fourth-order valence-corrected chi connectivity index (χ4v) is 4.53. The minimum absolute atomic E-state index is 0.0418. The van der Waals surface area contributed by atoms with Crippen molar-refractivity contribution in [1.82, 2.24) is 20.0 Å². The molecule has 0 bridgehead atoms. The van der Waals surface area contributed by atoms with E-state index >= 15 is 0 Å². The summed E-state index contributed by atoms with van der Waals surface area (Å²) < 4.78 is 11.1. The van der Waals surface area contributed by atoms with E-state index in [1.54, 1.807) is 0 Å². The summed E-state index contributed by atoms with van der Waals surface area (Å²) in [6, 6.07) is 11.6. The number of piperidine rings is 1. The number of carbonyl (C=O) groups is 1. The van der Waals surface area contributed by atoms with Gasteiger partial charge in [0.25, 0.3) is 5.91 Å². The Morgan fingerprint density at radius 1 is 1.13 bits per heavy atom. The molecule has 2 aliphatic rings. The summed E-state index contributed by atoms with van der Waals surface area (Å²) in [7, 11) is 0. The Bertz CT molecular complexity index is 1060. The fraction of sp³-hybridized carbons (Fsp3) is 0.478. The van der Waals surface area contributed by atoms with Crippen LogP contribution in [0.5, 0.6) is 0 Å². The molecule has 2 aliphatic heterocycles. The van der Waals surface area contributed by atoms with E-state index in [0.29, 0.717) is 30.5 Å². The van der Waals surface area contributed by atoms with E-state index in [0.717, 1.165) is 49.8 Å². The van der Waals surface area contributed by atoms with Crippen molar-refractivity contribution in [2.75, 3.05) is 26.3 Å². The third-order valence-corrected chi connectivity index (χ3v) is 6.35. The number of benzene rings is 1. The Morgan fingerprint density at radius 3 is 2.83 bits per heavy atom. The summed E-state index contributed by atoms with van der Waals surface area (Å²) in [5.74, 6) is 1.63. The molecule has 0 spiro atoms. The van der Waals surface area contributed by atoms with Gasteiger partial charge in [-0.3, -0.25) is 4.79 Å². The Balaban J connectivity index is 1.35. The number of amides is 1. The van der Waals surface area contributed by atoms with E-state index in [-0.39, 0.29) is 17.2 Å². The number of hydrogen-bond acceptors (Lipinski definition) is 6. The Labute approximate surface area is 175 Å². The van der Waals surface area contributed by atoms with E-state index in [9.17, 15) is 4.79 Å². The summed E-state index contributed by atoms with van der Waals surface area (Å²) >= 11 is 0. The van der Waals surface area contributed by atoms with Gasteiger partial charge in [-0.05, 0) is 37.8 Å². The lowest BCUT2D eigenvalue weighted by molar-refractivity contribution is 0.0636. The maximum Gasteiger partial charge on any atom is 0.272 e. The topological polar surface area (TPSA) is 81.4 Å². The molecule has 0 radical (unpaired) electrons. The normalized spacial score (nSPS) is 23.0. The smallest absolute Gasteiger partial charge is 0.272 e. The average Bonchev–Trinajstić information content (AvgIpc) is 3.30. The van der Waals surface area contributed by atoms with E-state index in [1.165, 1.54) is 0 Å². The monoisotopic (exact) mass is 406 g/mol. The largest absolute Gasteiger partial charge is 0.381 e. The van der Waals surface area contributed by atoms with Crippen molar-refractivity contribution in [2.24, 2.45) is 0 Å². The van der Waals surface area contributed by atoms with Crippen molar-refractivity contribution in [3.05, 3.63) is 53.8 Å². The second-order valence-electron chi connectivity index (χ2n) is 8.62. The van der Waals surface area contributed by atoms with Crippen LogP contribution in [0, 0.1) is 0 Å². The minimum atomic E-state index is -0.322. The van der Waals surface area contributed by atoms with Crippen LogP contribution in [0.15, 0.2) is 40.9 Å². The number of para-hydroxylation sites is 1. The molecule has 1 unspecified atom stereocenters. The lowest BCUT2D eigenvalue weighted by Gasteiger charge is -2.38. The lowest BCUT2D eigenvalue weighted by atomic mass is 9.81. The predicted molar refractivity (Wildman–Crippen MR) is 111 cm³/mol. The first kappa shape index (κ1) is 19.2. The highest BCUT2D eigenvalue weighted by atomic mass is 16.5. The molecule has 0 aliphatic carbocycles. The minimum Gasteiger partial charge on any atom is -0.381 e. The van der Waals surface area contributed by atoms with Crippen LogP contribution < -0.4 is 0 Å². The van der Waals surface area contributed by atoms with Crippen molar-refractivity contribution in [2.45, 2.75) is 43.9 Å². The molecule has 3 aromatic rings. The van der Waals surface area contributed by atoms with Crippen molar-refractivity contribution in [3.8, 4) is 0 Å². The molecule has 2 aromatic heterocycles. The van der Waals surface area contributed by atoms with Crippen molar-refractivity contribution in [3.63, 3.8) is 0 Å². The zero-order valence-electron chi connectivity index (χ0n) is 17.2. The quantitative estimate of drug-likeness (QED) is 0.660. The zero-order valence-corrected chi connectivity index (χ0v) is 17.2. The van der Waals surface area contributed by atoms with Gasteiger partial charge >= 0.3 is 0 Å². The number of rotatable bonds is 3. The van der Waals surface area contributed by atoms with E-state index in [4.69, 9.17) is 14.2 Å². The van der Waals surface area contributed by atoms with Gasteiger partial charge in [-0.2, -0.15) is 4.98 Å². The van der Waals surface area contributed by atoms with Gasteiger partial charge in [0.1, 0.15) is 5.69 Å². The molecule has 5 rings (SSSR count). The highest BCUT2D eigenvalue weighted by molar-refractivity contribution is 5.95. The van der Waals surface area contributed by atoms with Gasteiger partial charge < -0.3 is 14.2 Å². The Kier molecular flexibility index (Phi) is 4.98. The molecule has 0 N–H and O–H groups in total. The molecule has 1 atom stereocenters. The molecule has 2 fully saturated rings. The van der Waals surface area contributed by atoms with Crippen LogP contribution in [-0.4, -0.2) is 52.2 Å². The van der Waals surface area contributed by atoms with Gasteiger partial charge in [-0.25, -0.2) is 4.98 Å². The maximum atomic E-state index is 13.2. The molecule has 156 valence electrons. The number of fused-ring (bicyclic) bond motifs is 1. The van der Waals surface area contributed by atoms with Crippen LogP contribution >= 0.6 is 0 Å². The van der Waals surface area contributed by atoms with Crippen LogP contribution in [0.3, 0.4) is 0 Å². The maximum absolute atomic E-state index is 13.2. The number of likely N-dealkylation sites (tertiary alicyclic amines) is 1. The fourth-order valence-electron chi connectivity index (χ4n) is 4.53. The molecule has 1 aromatic carbocycles. The Hall–Kier alpha value is -2.80. The summed E-state index contributed by atoms with van der Waals surface area (Å²) in [4.78, 5) is 24.4. The number of carbonyl (C=O) groups excluding carboxylic acids is 1. The molecule has 1 amide bonds. The molecule has 7 nitrogen and oxygen atoms in total. The number of pyridine rings is 1. The van der Waals surface area contributed by atoms with Crippen molar-refractivity contribution < 1.29 is 14.1 Å². The SMILES string of the molecule is CC1(c2noc(C3CCOCC3)n2)CCCN(C(=O)c2ccc3ccccc3n2)C1. The van der Waals surface area contributed by atoms with Gasteiger partial charge in [0.15, 0.2) is 5.82 Å². The molecular weight excluding hydrogens is 380 g/mol. The third kappa shape index (κ3) is 3.58. The molecule has 0 saturated carbocycles. The molecule has 4 heterocycles. The van der Waals surface area contributed by atoms with E-state index in [1.807, 2.05) is 41.3 Å². The first-order valence-corrected chi connectivity index (χ1v) is 10.7. The standard InChI is InChI=1S/C23H26N4O3/c1-23(22-25-20(30-26-22)17-9-13-29-14-10-17)11-4-12-27(15-23)21(28)19-8-7-16-5-2-3-6-18(16)24-19/h2-3,5-8,17H,4,9-15H2,1H3. The highest BCUT2D eigenvalue weighted by Gasteiger charge is 2.39. The highest BCUT2D eigenvalue weighted by Crippen LogP contribution is 2.34. The van der Waals surface area contributed by atoms with Crippen LogP contribution in [-0.2, 0) is 10.2 Å². The van der Waals surface area contributed by atoms with Crippen LogP contribution in [0.1, 0.15) is 60.7 Å². The van der Waals surface area contributed by atoms with Gasteiger partial charge in [0.05, 0.1) is 5.52 Å². The van der Waals surface area contributed by atoms with Crippen LogP contribution in [0.25, 0.3) is 10.9 Å². The molecule has 30 heavy (non-hydrogen) atoms. The first-order chi connectivity index (χ1) is 14.6. The van der Waals surface area contributed by atoms with Crippen molar-refractivity contribution in [1.29, 1.82) is 0 Å². The summed E-state index contributed by atoms with van der Waals surface area (Å²) in [5.41, 5.74) is 0.994. The second kappa shape index (κ2) is 7.80. The van der Waals surface area contributed by atoms with Crippen LogP contribution in [0.2, 0.25) is 0 Å². The second-order valence-corrected chi connectivity index (χ2v) is 8.62. The summed E-state index contributed by atoms with van der Waals surface area (Å²) in [6.45, 7) is 4.88. The average molecular weight is 406 g/mol. The predicted octanol–water partition coefficient (Wildman–Crippen LogP) is 3.71. The number of aromatic nitrogens is 3. The number of nitrogens with zero attached hydrogens (tertiary/aromatic N) is 4. The number of hydrogen-bond donors (Lipinski definition) is 0. The van der Waals surface area contributed by atoms with Crippen LogP contribution in [0.4, 0.5) is 0 Å². The van der Waals surface area contributed by atoms with E-state index < -0.39 is 0 Å². The van der Waals surface area contributed by atoms with Crippen molar-refractivity contribution >= 4 is 16.8 Å². The Morgan fingerprint density at radius 2 is 1.97 bits per heavy atom. The van der Waals surface area contributed by atoms with Gasteiger partial charge in [0, 0.05) is 43.0 Å². The third-order valence-electron chi connectivity index (χ3n) is 6.35. The lowest BCUT2D eigenvalue weighted by Crippen LogP contribution is -2.47. The first-order valence-electron chi connectivity index (χ1n) is 10.7. The zero-order chi connectivity index (χ0) is 20.6. The summed E-state index contributed by atoms with van der Waals surface area (Å²) in [5, 5.41) is 5.35. The van der Waals surface area contributed by atoms with Gasteiger partial charge in [0.2, 0.25) is 5.89 Å². The molecule has 2 saturated heterocycles. The molecule has 7 heteroatoms. The van der Waals surface area contributed by atoms with Gasteiger partial charge in [-0.1, -0.05) is 36.3 Å².